The Bertz CT molecular complexity index is 173. The molecule has 0 aliphatic carbocycles. The van der Waals surface area contributed by atoms with E-state index in [-0.39, 0.29) is 0 Å². The van der Waals surface area contributed by atoms with Crippen LogP contribution in [-0.2, 0) is 0 Å². The van der Waals surface area contributed by atoms with E-state index in [2.05, 4.69) is 35.9 Å². The van der Waals surface area contributed by atoms with E-state index in [4.69, 9.17) is 0 Å². The molecule has 1 unspecified atom stereocenters. The van der Waals surface area contributed by atoms with Crippen molar-refractivity contribution in [2.75, 3.05) is 34.2 Å². The first-order chi connectivity index (χ1) is 6.20. The molecule has 0 spiro atoms. The second kappa shape index (κ2) is 5.90. The zero-order valence-electron chi connectivity index (χ0n) is 8.43. The van der Waals surface area contributed by atoms with E-state index in [1.54, 1.807) is 10.8 Å². The van der Waals surface area contributed by atoms with Gasteiger partial charge in [0, 0.05) is 6.54 Å². The Morgan fingerprint density at radius 2 is 2.08 bits per heavy atom. The Hall–Kier alpha value is 0.290. The largest absolute Gasteiger partial charge is 0.309 e. The lowest BCUT2D eigenvalue weighted by atomic mass is 10.4. The molecule has 0 amide bonds. The highest BCUT2D eigenvalue weighted by Crippen LogP contribution is 2.33. The normalized spacial score (nSPS) is 22.1. The van der Waals surface area contributed by atoms with Crippen LogP contribution in [-0.4, -0.2) is 55.1 Å². The topological polar surface area (TPSA) is 18.8 Å². The average molecular weight is 219 g/mol. The third-order valence-electron chi connectivity index (χ3n) is 1.87. The molecule has 0 radical (unpaired) electrons. The van der Waals surface area contributed by atoms with Crippen molar-refractivity contribution in [1.29, 1.82) is 0 Å². The highest BCUT2D eigenvalue weighted by atomic mass is 33.1. The Kier molecular flexibility index (Phi) is 5.16. The van der Waals surface area contributed by atoms with Crippen molar-refractivity contribution in [1.82, 2.24) is 9.80 Å². The number of hydrogen-bond acceptors (Lipinski definition) is 5. The monoisotopic (exact) mass is 219 g/mol. The van der Waals surface area contributed by atoms with Gasteiger partial charge in [-0.25, -0.2) is 0 Å². The zero-order chi connectivity index (χ0) is 9.68. The Balaban J connectivity index is 2.10. The number of rotatable bonds is 5. The minimum absolute atomic E-state index is 0.340. The molecule has 0 saturated carbocycles. The lowest BCUT2D eigenvalue weighted by Crippen LogP contribution is -2.29. The molecule has 0 bridgehead atoms. The minimum Gasteiger partial charge on any atom is -0.309 e. The third-order valence-corrected chi connectivity index (χ3v) is 3.95. The van der Waals surface area contributed by atoms with Crippen LogP contribution in [0.5, 0.6) is 0 Å². The van der Waals surface area contributed by atoms with Crippen LogP contribution < -0.4 is 0 Å². The smallest absolute Gasteiger partial charge is 0.159 e. The van der Waals surface area contributed by atoms with Gasteiger partial charge in [-0.2, -0.15) is 0 Å². The predicted molar refractivity (Wildman–Crippen MR) is 63.3 cm³/mol. The maximum absolute atomic E-state index is 4.35. The van der Waals surface area contributed by atoms with E-state index >= 15 is 0 Å². The fourth-order valence-electron chi connectivity index (χ4n) is 1.11. The average Bonchev–Trinajstić information content (AvgIpc) is 2.55. The number of aliphatic imine (C=N–C) groups is 1. The van der Waals surface area contributed by atoms with Gasteiger partial charge in [0.1, 0.15) is 0 Å². The lowest BCUT2D eigenvalue weighted by Gasteiger charge is -2.21. The molecule has 0 fully saturated rings. The molecule has 13 heavy (non-hydrogen) atoms. The van der Waals surface area contributed by atoms with E-state index in [1.165, 1.54) is 6.42 Å². The summed E-state index contributed by atoms with van der Waals surface area (Å²) in [6.07, 6.45) is 1.21. The van der Waals surface area contributed by atoms with Crippen molar-refractivity contribution in [3.63, 3.8) is 0 Å². The summed E-state index contributed by atoms with van der Waals surface area (Å²) in [5, 5.41) is 0. The summed E-state index contributed by atoms with van der Waals surface area (Å²) in [7, 11) is 9.89. The molecule has 76 valence electrons. The summed E-state index contributed by atoms with van der Waals surface area (Å²) >= 11 is 0. The summed E-state index contributed by atoms with van der Waals surface area (Å²) in [6.45, 7) is 2.27. The van der Waals surface area contributed by atoms with E-state index in [9.17, 15) is 0 Å². The maximum Gasteiger partial charge on any atom is 0.159 e. The Morgan fingerprint density at radius 3 is 2.62 bits per heavy atom. The van der Waals surface area contributed by atoms with Gasteiger partial charge in [-0.1, -0.05) is 0 Å². The van der Waals surface area contributed by atoms with Gasteiger partial charge in [0.2, 0.25) is 0 Å². The molecule has 0 aromatic rings. The molecule has 1 aliphatic rings. The lowest BCUT2D eigenvalue weighted by molar-refractivity contribution is 0.292. The van der Waals surface area contributed by atoms with Crippen LogP contribution in [0.4, 0.5) is 0 Å². The molecule has 0 saturated heterocycles. The van der Waals surface area contributed by atoms with Gasteiger partial charge in [0.05, 0.1) is 5.55 Å². The van der Waals surface area contributed by atoms with Crippen molar-refractivity contribution < 1.29 is 0 Å². The number of nitrogens with zero attached hydrogens (tertiary/aromatic N) is 3. The molecule has 1 rings (SSSR count). The van der Waals surface area contributed by atoms with E-state index in [1.807, 2.05) is 16.3 Å². The van der Waals surface area contributed by atoms with E-state index in [0.717, 1.165) is 13.1 Å². The second-order valence-corrected chi connectivity index (χ2v) is 5.58. The van der Waals surface area contributed by atoms with Gasteiger partial charge in [-0.3, -0.25) is 9.89 Å². The minimum atomic E-state index is 0.340. The first-order valence-electron chi connectivity index (χ1n) is 4.39. The molecule has 1 heterocycles. The summed E-state index contributed by atoms with van der Waals surface area (Å²) in [5.74, 6) is 0. The Morgan fingerprint density at radius 1 is 1.31 bits per heavy atom. The molecule has 1 aliphatic heterocycles. The Labute approximate surface area is 88.3 Å². The molecule has 1 atom stereocenters. The van der Waals surface area contributed by atoms with Gasteiger partial charge in [-0.05, 0) is 55.7 Å². The van der Waals surface area contributed by atoms with Gasteiger partial charge in [0.15, 0.2) is 5.50 Å². The SMILES string of the molecule is CN(C)CCCN(C)C1N=CSS1. The maximum atomic E-state index is 4.35. The third kappa shape index (κ3) is 4.35. The predicted octanol–water partition coefficient (Wildman–Crippen LogP) is 1.58. The molecular weight excluding hydrogens is 202 g/mol. The number of hydrogen-bond donors (Lipinski definition) is 0. The highest BCUT2D eigenvalue weighted by Gasteiger charge is 2.16. The van der Waals surface area contributed by atoms with Gasteiger partial charge in [0.25, 0.3) is 0 Å². The van der Waals surface area contributed by atoms with E-state index in [0.29, 0.717) is 5.50 Å². The molecule has 0 aromatic carbocycles. The van der Waals surface area contributed by atoms with Crippen molar-refractivity contribution in [3.8, 4) is 0 Å². The standard InChI is InChI=1S/C8H17N3S2/c1-10(2)5-4-6-11(3)8-9-7-12-13-8/h7-8H,4-6H2,1-3H3. The van der Waals surface area contributed by atoms with Crippen molar-refractivity contribution in [2.45, 2.75) is 11.9 Å². The van der Waals surface area contributed by atoms with Crippen LogP contribution in [0.3, 0.4) is 0 Å². The van der Waals surface area contributed by atoms with Crippen LogP contribution in [0.15, 0.2) is 4.99 Å². The summed E-state index contributed by atoms with van der Waals surface area (Å²) in [4.78, 5) is 8.86. The highest BCUT2D eigenvalue weighted by molar-refractivity contribution is 8.82. The quantitative estimate of drug-likeness (QED) is 0.653. The first-order valence-corrected chi connectivity index (χ1v) is 6.66. The van der Waals surface area contributed by atoms with Crippen LogP contribution in [0.1, 0.15) is 6.42 Å². The van der Waals surface area contributed by atoms with Gasteiger partial charge in [-0.15, -0.1) is 0 Å². The second-order valence-electron chi connectivity index (χ2n) is 3.41. The zero-order valence-corrected chi connectivity index (χ0v) is 10.1. The van der Waals surface area contributed by atoms with Crippen LogP contribution in [0, 0.1) is 0 Å². The van der Waals surface area contributed by atoms with Gasteiger partial charge < -0.3 is 4.90 Å². The van der Waals surface area contributed by atoms with Crippen LogP contribution in [0.25, 0.3) is 0 Å². The fourth-order valence-corrected chi connectivity index (χ4v) is 3.05. The van der Waals surface area contributed by atoms with Crippen molar-refractivity contribution in [3.05, 3.63) is 0 Å². The summed E-state index contributed by atoms with van der Waals surface area (Å²) < 4.78 is 0. The molecule has 0 N–H and O–H groups in total. The van der Waals surface area contributed by atoms with Crippen LogP contribution >= 0.6 is 21.6 Å². The molecule has 0 aromatic heterocycles. The molecular formula is C8H17N3S2. The van der Waals surface area contributed by atoms with Crippen molar-refractivity contribution >= 4 is 27.1 Å². The molecule has 3 nitrogen and oxygen atoms in total. The first kappa shape index (κ1) is 11.4. The fraction of sp³-hybridized carbons (Fsp3) is 0.875. The van der Waals surface area contributed by atoms with Gasteiger partial charge >= 0.3 is 0 Å². The molecule has 5 heteroatoms. The van der Waals surface area contributed by atoms with E-state index < -0.39 is 0 Å². The summed E-state index contributed by atoms with van der Waals surface area (Å²) in [6, 6.07) is 0. The van der Waals surface area contributed by atoms with Crippen LogP contribution in [0.2, 0.25) is 0 Å². The van der Waals surface area contributed by atoms with Crippen molar-refractivity contribution in [2.24, 2.45) is 4.99 Å². The summed E-state index contributed by atoms with van der Waals surface area (Å²) in [5.41, 5.74) is 2.27.